The number of benzene rings is 2. The van der Waals surface area contributed by atoms with Gasteiger partial charge in [-0.2, -0.15) is 0 Å². The van der Waals surface area contributed by atoms with Crippen LogP contribution in [-0.2, 0) is 0 Å². The SMILES string of the molecule is C[C@H]1Oc2c(C(=O)NCCNc3ccccc3[N+](=O)[O-])cccc2[C@@H]1C. The molecule has 2 aromatic rings. The highest BCUT2D eigenvalue weighted by Crippen LogP contribution is 2.40. The summed E-state index contributed by atoms with van der Waals surface area (Å²) in [5.74, 6) is 0.683. The van der Waals surface area contributed by atoms with E-state index in [0.717, 1.165) is 5.56 Å². The number of nitrogens with zero attached hydrogens (tertiary/aromatic N) is 1. The number of nitrogens with one attached hydrogen (secondary N) is 2. The smallest absolute Gasteiger partial charge is 0.292 e. The molecule has 7 nitrogen and oxygen atoms in total. The van der Waals surface area contributed by atoms with E-state index >= 15 is 0 Å². The molecular weight excluding hydrogens is 334 g/mol. The third kappa shape index (κ3) is 3.46. The fraction of sp³-hybridized carbons (Fsp3) is 0.316. The summed E-state index contributed by atoms with van der Waals surface area (Å²) in [7, 11) is 0. The van der Waals surface area contributed by atoms with E-state index in [-0.39, 0.29) is 23.6 Å². The maximum absolute atomic E-state index is 12.5. The first-order valence-corrected chi connectivity index (χ1v) is 8.54. The number of nitro groups is 1. The van der Waals surface area contributed by atoms with Crippen LogP contribution in [0.5, 0.6) is 5.75 Å². The number of ether oxygens (including phenoxy) is 1. The van der Waals surface area contributed by atoms with Gasteiger partial charge >= 0.3 is 0 Å². The normalized spacial score (nSPS) is 17.9. The fourth-order valence-electron chi connectivity index (χ4n) is 3.02. The Labute approximate surface area is 151 Å². The van der Waals surface area contributed by atoms with Gasteiger partial charge in [-0.1, -0.05) is 31.2 Å². The van der Waals surface area contributed by atoms with E-state index in [1.807, 2.05) is 19.1 Å². The third-order valence-electron chi connectivity index (χ3n) is 4.62. The molecule has 1 aliphatic heterocycles. The van der Waals surface area contributed by atoms with Crippen LogP contribution in [0.15, 0.2) is 42.5 Å². The molecule has 2 aromatic carbocycles. The average molecular weight is 355 g/mol. The lowest BCUT2D eigenvalue weighted by molar-refractivity contribution is -0.384. The summed E-state index contributed by atoms with van der Waals surface area (Å²) in [5, 5.41) is 16.8. The van der Waals surface area contributed by atoms with Gasteiger partial charge in [-0.15, -0.1) is 0 Å². The molecule has 0 radical (unpaired) electrons. The van der Waals surface area contributed by atoms with Crippen molar-refractivity contribution in [2.24, 2.45) is 0 Å². The monoisotopic (exact) mass is 355 g/mol. The van der Waals surface area contributed by atoms with E-state index in [1.54, 1.807) is 24.3 Å². The number of amides is 1. The Hall–Kier alpha value is -3.09. The zero-order valence-electron chi connectivity index (χ0n) is 14.7. The molecule has 0 unspecified atom stereocenters. The molecule has 2 N–H and O–H groups in total. The van der Waals surface area contributed by atoms with Crippen molar-refractivity contribution >= 4 is 17.3 Å². The zero-order valence-corrected chi connectivity index (χ0v) is 14.7. The molecule has 26 heavy (non-hydrogen) atoms. The first kappa shape index (κ1) is 17.7. The number of carbonyl (C=O) groups excluding carboxylic acids is 1. The summed E-state index contributed by atoms with van der Waals surface area (Å²) in [4.78, 5) is 23.0. The second-order valence-electron chi connectivity index (χ2n) is 6.29. The summed E-state index contributed by atoms with van der Waals surface area (Å²) in [5.41, 5.74) is 2.00. The van der Waals surface area contributed by atoms with E-state index in [2.05, 4.69) is 17.6 Å². The summed E-state index contributed by atoms with van der Waals surface area (Å²) >= 11 is 0. The van der Waals surface area contributed by atoms with Crippen molar-refractivity contribution < 1.29 is 14.5 Å². The Morgan fingerprint density at radius 2 is 1.92 bits per heavy atom. The van der Waals surface area contributed by atoms with Crippen molar-refractivity contribution in [3.63, 3.8) is 0 Å². The van der Waals surface area contributed by atoms with Crippen molar-refractivity contribution in [1.29, 1.82) is 0 Å². The van der Waals surface area contributed by atoms with E-state index in [4.69, 9.17) is 4.74 Å². The van der Waals surface area contributed by atoms with E-state index in [9.17, 15) is 14.9 Å². The van der Waals surface area contributed by atoms with Gasteiger partial charge in [-0.3, -0.25) is 14.9 Å². The van der Waals surface area contributed by atoms with Crippen LogP contribution in [0.4, 0.5) is 11.4 Å². The number of hydrogen-bond donors (Lipinski definition) is 2. The Morgan fingerprint density at radius 1 is 1.15 bits per heavy atom. The highest BCUT2D eigenvalue weighted by atomic mass is 16.6. The molecule has 0 aliphatic carbocycles. The molecule has 0 spiro atoms. The van der Waals surface area contributed by atoms with Gasteiger partial charge in [0.2, 0.25) is 0 Å². The Morgan fingerprint density at radius 3 is 2.69 bits per heavy atom. The molecule has 2 atom stereocenters. The number of fused-ring (bicyclic) bond motifs is 1. The number of anilines is 1. The van der Waals surface area contributed by atoms with Gasteiger partial charge in [0.15, 0.2) is 0 Å². The molecule has 7 heteroatoms. The minimum atomic E-state index is -0.437. The van der Waals surface area contributed by atoms with Crippen LogP contribution in [0.25, 0.3) is 0 Å². The average Bonchev–Trinajstić information content (AvgIpc) is 2.93. The standard InChI is InChI=1S/C19H21N3O4/c1-12-13(2)26-18-14(12)6-5-7-15(18)19(23)21-11-10-20-16-8-3-4-9-17(16)22(24)25/h3-9,12-13,20H,10-11H2,1-2H3,(H,21,23)/t12-,13-/m1/s1. The topological polar surface area (TPSA) is 93.5 Å². The first-order chi connectivity index (χ1) is 12.5. The van der Waals surface area contributed by atoms with Gasteiger partial charge in [0.05, 0.1) is 10.5 Å². The molecule has 1 amide bonds. The minimum absolute atomic E-state index is 0.0103. The first-order valence-electron chi connectivity index (χ1n) is 8.54. The van der Waals surface area contributed by atoms with Crippen LogP contribution in [0.3, 0.4) is 0 Å². The zero-order chi connectivity index (χ0) is 18.7. The maximum atomic E-state index is 12.5. The number of rotatable bonds is 6. The molecule has 0 saturated heterocycles. The van der Waals surface area contributed by atoms with E-state index < -0.39 is 4.92 Å². The lowest BCUT2D eigenvalue weighted by Gasteiger charge is -2.11. The van der Waals surface area contributed by atoms with Crippen molar-refractivity contribution in [3.05, 3.63) is 63.7 Å². The molecular formula is C19H21N3O4. The highest BCUT2D eigenvalue weighted by molar-refractivity contribution is 5.97. The van der Waals surface area contributed by atoms with Crippen molar-refractivity contribution in [3.8, 4) is 5.75 Å². The Bertz CT molecular complexity index is 837. The van der Waals surface area contributed by atoms with Crippen LogP contribution in [0.1, 0.15) is 35.7 Å². The van der Waals surface area contributed by atoms with Crippen LogP contribution in [-0.4, -0.2) is 30.0 Å². The Kier molecular flexibility index (Phi) is 5.06. The van der Waals surface area contributed by atoms with Gasteiger partial charge in [0.1, 0.15) is 17.5 Å². The summed E-state index contributed by atoms with van der Waals surface area (Å²) in [6, 6.07) is 12.0. The molecule has 136 valence electrons. The van der Waals surface area contributed by atoms with Gasteiger partial charge in [0, 0.05) is 30.6 Å². The number of para-hydroxylation sites is 3. The quantitative estimate of drug-likeness (QED) is 0.471. The lowest BCUT2D eigenvalue weighted by Crippen LogP contribution is -2.29. The van der Waals surface area contributed by atoms with Crippen molar-refractivity contribution in [2.45, 2.75) is 25.9 Å². The second kappa shape index (κ2) is 7.43. The predicted molar refractivity (Wildman–Crippen MR) is 98.9 cm³/mol. The van der Waals surface area contributed by atoms with Crippen molar-refractivity contribution in [1.82, 2.24) is 5.32 Å². The van der Waals surface area contributed by atoms with E-state index in [0.29, 0.717) is 30.1 Å². The highest BCUT2D eigenvalue weighted by Gasteiger charge is 2.30. The maximum Gasteiger partial charge on any atom is 0.292 e. The van der Waals surface area contributed by atoms with Gasteiger partial charge in [0.25, 0.3) is 11.6 Å². The Balaban J connectivity index is 1.59. The second-order valence-corrected chi connectivity index (χ2v) is 6.29. The van der Waals surface area contributed by atoms with Crippen LogP contribution < -0.4 is 15.4 Å². The molecule has 1 aliphatic rings. The lowest BCUT2D eigenvalue weighted by atomic mass is 9.97. The van der Waals surface area contributed by atoms with Gasteiger partial charge < -0.3 is 15.4 Å². The fourth-order valence-corrected chi connectivity index (χ4v) is 3.02. The van der Waals surface area contributed by atoms with Crippen molar-refractivity contribution in [2.75, 3.05) is 18.4 Å². The summed E-state index contributed by atoms with van der Waals surface area (Å²) < 4.78 is 5.84. The molecule has 1 heterocycles. The molecule has 0 aromatic heterocycles. The predicted octanol–water partition coefficient (Wildman–Crippen LogP) is 3.32. The summed E-state index contributed by atoms with van der Waals surface area (Å²) in [6.07, 6.45) is 0.0410. The van der Waals surface area contributed by atoms with Crippen LogP contribution >= 0.6 is 0 Å². The molecule has 0 bridgehead atoms. The molecule has 3 rings (SSSR count). The number of carbonyl (C=O) groups is 1. The van der Waals surface area contributed by atoms with E-state index in [1.165, 1.54) is 6.07 Å². The minimum Gasteiger partial charge on any atom is -0.489 e. The number of hydrogen-bond acceptors (Lipinski definition) is 5. The van der Waals surface area contributed by atoms with Gasteiger partial charge in [-0.25, -0.2) is 0 Å². The summed E-state index contributed by atoms with van der Waals surface area (Å²) in [6.45, 7) is 4.77. The van der Waals surface area contributed by atoms with Gasteiger partial charge in [-0.05, 0) is 19.1 Å². The molecule has 0 fully saturated rings. The molecule has 0 saturated carbocycles. The van der Waals surface area contributed by atoms with Crippen LogP contribution in [0.2, 0.25) is 0 Å². The third-order valence-corrected chi connectivity index (χ3v) is 4.62. The largest absolute Gasteiger partial charge is 0.489 e. The van der Waals surface area contributed by atoms with Crippen LogP contribution in [0, 0.1) is 10.1 Å². The number of nitro benzene ring substituents is 1.